The molecule has 0 atom stereocenters. The first-order valence-electron chi connectivity index (χ1n) is 11.8. The zero-order valence-electron chi connectivity index (χ0n) is 18.0. The van der Waals surface area contributed by atoms with Gasteiger partial charge in [-0.25, -0.2) is 8.78 Å². The van der Waals surface area contributed by atoms with Crippen LogP contribution >= 0.6 is 0 Å². The molecule has 0 aromatic heterocycles. The van der Waals surface area contributed by atoms with Gasteiger partial charge in [0.2, 0.25) is 0 Å². The summed E-state index contributed by atoms with van der Waals surface area (Å²) in [5.41, 5.74) is 0.907. The summed E-state index contributed by atoms with van der Waals surface area (Å²) in [5.74, 6) is 1.90. The molecule has 0 amide bonds. The molecular weight excluding hydrogens is 376 g/mol. The van der Waals surface area contributed by atoms with Crippen LogP contribution < -0.4 is 0 Å². The molecule has 3 heteroatoms. The molecule has 30 heavy (non-hydrogen) atoms. The fraction of sp³-hybridized carbons (Fsp3) is 0.593. The molecule has 1 nitrogen and oxygen atoms in total. The molecule has 0 radical (unpaired) electrons. The largest absolute Gasteiger partial charge is 0.204 e. The third kappa shape index (κ3) is 7.08. The summed E-state index contributed by atoms with van der Waals surface area (Å²) in [6.07, 6.45) is 22.9. The molecule has 2 aliphatic carbocycles. The molecule has 0 bridgehead atoms. The maximum atomic E-state index is 13.3. The van der Waals surface area contributed by atoms with E-state index in [4.69, 9.17) is 5.26 Å². The normalized spacial score (nSPS) is 27.5. The molecule has 0 spiro atoms. The Labute approximate surface area is 180 Å². The van der Waals surface area contributed by atoms with Gasteiger partial charge in [-0.15, -0.1) is 0 Å². The Kier molecular flexibility index (Phi) is 9.12. The summed E-state index contributed by atoms with van der Waals surface area (Å²) in [6.45, 7) is 0. The van der Waals surface area contributed by atoms with Gasteiger partial charge in [0.1, 0.15) is 0 Å². The molecule has 2 aliphatic rings. The van der Waals surface area contributed by atoms with Gasteiger partial charge in [-0.2, -0.15) is 5.26 Å². The summed E-state index contributed by atoms with van der Waals surface area (Å²) in [5, 5.41) is 8.53. The molecule has 1 aromatic carbocycles. The third-order valence-corrected chi connectivity index (χ3v) is 7.35. The van der Waals surface area contributed by atoms with E-state index in [1.165, 1.54) is 82.4 Å². The fourth-order valence-corrected chi connectivity index (χ4v) is 5.53. The lowest BCUT2D eigenvalue weighted by atomic mass is 9.68. The van der Waals surface area contributed by atoms with Crippen molar-refractivity contribution in [3.05, 3.63) is 59.7 Å². The Morgan fingerprint density at radius 3 is 2.23 bits per heavy atom. The van der Waals surface area contributed by atoms with Gasteiger partial charge in [0, 0.05) is 6.08 Å². The van der Waals surface area contributed by atoms with Crippen molar-refractivity contribution in [3.8, 4) is 6.07 Å². The lowest BCUT2D eigenvalue weighted by molar-refractivity contribution is 0.151. The number of benzene rings is 1. The number of unbranched alkanes of at least 4 members (excludes halogenated alkanes) is 1. The van der Waals surface area contributed by atoms with Gasteiger partial charge in [-0.1, -0.05) is 50.0 Å². The maximum absolute atomic E-state index is 13.3. The number of halogens is 2. The Morgan fingerprint density at radius 1 is 0.867 bits per heavy atom. The SMILES string of the molecule is N#C/C=C/C=C/C1CCC([C@H]2CC[C@H](CCCCc3ccc(F)c(F)c3)CC2)CC1. The Hall–Kier alpha value is -1.95. The first-order valence-corrected chi connectivity index (χ1v) is 11.8. The van der Waals surface area contributed by atoms with Crippen molar-refractivity contribution in [2.24, 2.45) is 23.7 Å². The molecule has 0 unspecified atom stereocenters. The van der Waals surface area contributed by atoms with Crippen molar-refractivity contribution < 1.29 is 8.78 Å². The van der Waals surface area contributed by atoms with E-state index < -0.39 is 11.6 Å². The summed E-state index contributed by atoms with van der Waals surface area (Å²) < 4.78 is 26.3. The standard InChI is InChI=1S/C27H35F2N/c28-26-18-13-23(20-27(26)29)8-4-3-7-22-11-16-25(17-12-22)24-14-9-21(10-15-24)6-2-1-5-19-30/h1-2,5-6,13,18,20-22,24-25H,3-4,7-12,14-17H2/b5-1+,6-2+/t21?,22-,24?,25-. The van der Waals surface area contributed by atoms with E-state index in [9.17, 15) is 8.78 Å². The van der Waals surface area contributed by atoms with Crippen LogP contribution in [-0.2, 0) is 6.42 Å². The highest BCUT2D eigenvalue weighted by molar-refractivity contribution is 5.17. The van der Waals surface area contributed by atoms with Gasteiger partial charge in [-0.05, 0) is 92.7 Å². The minimum Gasteiger partial charge on any atom is -0.204 e. The summed E-state index contributed by atoms with van der Waals surface area (Å²) in [4.78, 5) is 0. The fourth-order valence-electron chi connectivity index (χ4n) is 5.53. The van der Waals surface area contributed by atoms with Crippen LogP contribution in [0, 0.1) is 46.6 Å². The second-order valence-corrected chi connectivity index (χ2v) is 9.32. The van der Waals surface area contributed by atoms with Crippen molar-refractivity contribution in [2.75, 3.05) is 0 Å². The molecule has 0 saturated heterocycles. The van der Waals surface area contributed by atoms with E-state index in [-0.39, 0.29) is 0 Å². The van der Waals surface area contributed by atoms with Gasteiger partial charge in [0.05, 0.1) is 6.07 Å². The second kappa shape index (κ2) is 12.0. The predicted octanol–water partition coefficient (Wildman–Crippen LogP) is 7.93. The van der Waals surface area contributed by atoms with Crippen molar-refractivity contribution in [1.82, 2.24) is 0 Å². The highest BCUT2D eigenvalue weighted by Gasteiger charge is 2.30. The summed E-state index contributed by atoms with van der Waals surface area (Å²) >= 11 is 0. The number of allylic oxidation sites excluding steroid dienone is 4. The molecule has 3 rings (SSSR count). The van der Waals surface area contributed by atoms with E-state index in [1.54, 1.807) is 6.07 Å². The van der Waals surface area contributed by atoms with E-state index >= 15 is 0 Å². The second-order valence-electron chi connectivity index (χ2n) is 9.32. The van der Waals surface area contributed by atoms with Gasteiger partial charge < -0.3 is 0 Å². The van der Waals surface area contributed by atoms with E-state index in [0.717, 1.165) is 36.2 Å². The van der Waals surface area contributed by atoms with Crippen LogP contribution in [-0.4, -0.2) is 0 Å². The lowest BCUT2D eigenvalue weighted by Gasteiger charge is -2.37. The Balaban J connectivity index is 1.29. The zero-order chi connectivity index (χ0) is 21.2. The van der Waals surface area contributed by atoms with E-state index in [0.29, 0.717) is 5.92 Å². The maximum Gasteiger partial charge on any atom is 0.159 e. The van der Waals surface area contributed by atoms with Crippen LogP contribution in [0.2, 0.25) is 0 Å². The van der Waals surface area contributed by atoms with Crippen LogP contribution in [0.4, 0.5) is 8.78 Å². The molecule has 2 fully saturated rings. The lowest BCUT2D eigenvalue weighted by Crippen LogP contribution is -2.25. The van der Waals surface area contributed by atoms with Crippen molar-refractivity contribution in [1.29, 1.82) is 5.26 Å². The molecule has 0 heterocycles. The first kappa shape index (κ1) is 22.7. The van der Waals surface area contributed by atoms with Crippen LogP contribution in [0.15, 0.2) is 42.5 Å². The zero-order valence-corrected chi connectivity index (χ0v) is 18.0. The van der Waals surface area contributed by atoms with Crippen molar-refractivity contribution in [2.45, 2.75) is 77.0 Å². The molecule has 2 saturated carbocycles. The number of hydrogen-bond acceptors (Lipinski definition) is 1. The molecule has 0 N–H and O–H groups in total. The van der Waals surface area contributed by atoms with Gasteiger partial charge in [0.25, 0.3) is 0 Å². The number of rotatable bonds is 8. The average molecular weight is 412 g/mol. The van der Waals surface area contributed by atoms with Gasteiger partial charge in [-0.3, -0.25) is 0 Å². The van der Waals surface area contributed by atoms with E-state index in [2.05, 4.69) is 6.08 Å². The minimum atomic E-state index is -0.756. The monoisotopic (exact) mass is 411 g/mol. The molecule has 162 valence electrons. The predicted molar refractivity (Wildman–Crippen MR) is 119 cm³/mol. The number of hydrogen-bond donors (Lipinski definition) is 0. The smallest absolute Gasteiger partial charge is 0.159 e. The molecule has 0 aliphatic heterocycles. The summed E-state index contributed by atoms with van der Waals surface area (Å²) in [6, 6.07) is 6.31. The Bertz CT molecular complexity index is 745. The number of aryl methyl sites for hydroxylation is 1. The summed E-state index contributed by atoms with van der Waals surface area (Å²) in [7, 11) is 0. The quantitative estimate of drug-likeness (QED) is 0.242. The Morgan fingerprint density at radius 2 is 1.57 bits per heavy atom. The number of nitrogens with zero attached hydrogens (tertiary/aromatic N) is 1. The number of nitriles is 1. The molecule has 1 aromatic rings. The highest BCUT2D eigenvalue weighted by atomic mass is 19.2. The topological polar surface area (TPSA) is 23.8 Å². The molecular formula is C27H35F2N. The van der Waals surface area contributed by atoms with Crippen molar-refractivity contribution >= 4 is 0 Å². The van der Waals surface area contributed by atoms with Gasteiger partial charge in [0.15, 0.2) is 11.6 Å². The highest BCUT2D eigenvalue weighted by Crippen LogP contribution is 2.42. The van der Waals surface area contributed by atoms with Crippen LogP contribution in [0.5, 0.6) is 0 Å². The van der Waals surface area contributed by atoms with Crippen LogP contribution in [0.25, 0.3) is 0 Å². The van der Waals surface area contributed by atoms with Crippen LogP contribution in [0.3, 0.4) is 0 Å². The average Bonchev–Trinajstić information content (AvgIpc) is 2.78. The van der Waals surface area contributed by atoms with Crippen LogP contribution in [0.1, 0.15) is 76.2 Å². The van der Waals surface area contributed by atoms with Gasteiger partial charge >= 0.3 is 0 Å². The minimum absolute atomic E-state index is 0.690. The van der Waals surface area contributed by atoms with Crippen molar-refractivity contribution in [3.63, 3.8) is 0 Å². The third-order valence-electron chi connectivity index (χ3n) is 7.35. The van der Waals surface area contributed by atoms with E-state index in [1.807, 2.05) is 18.2 Å². The first-order chi connectivity index (χ1) is 14.7.